The van der Waals surface area contributed by atoms with Crippen molar-refractivity contribution >= 4 is 56.9 Å². The normalized spacial score (nSPS) is 13.4. The third-order valence-electron chi connectivity index (χ3n) is 10.0. The van der Waals surface area contributed by atoms with Crippen molar-refractivity contribution in [1.82, 2.24) is 20.6 Å². The van der Waals surface area contributed by atoms with Crippen LogP contribution in [0.2, 0.25) is 0 Å². The number of nitrogens with zero attached hydrogens (tertiary/aromatic N) is 2. The van der Waals surface area contributed by atoms with Gasteiger partial charge in [-0.15, -0.1) is 0 Å². The van der Waals surface area contributed by atoms with Gasteiger partial charge in [-0.2, -0.15) is 0 Å². The van der Waals surface area contributed by atoms with E-state index in [0.29, 0.717) is 59.6 Å². The van der Waals surface area contributed by atoms with Gasteiger partial charge in [-0.25, -0.2) is 9.97 Å². The fourth-order valence-corrected chi connectivity index (χ4v) is 7.86. The highest BCUT2D eigenvalue weighted by Crippen LogP contribution is 2.37. The Morgan fingerprint density at radius 2 is 0.915 bits per heavy atom. The summed E-state index contributed by atoms with van der Waals surface area (Å²) in [6.07, 6.45) is 2.20. The van der Waals surface area contributed by atoms with E-state index in [1.54, 1.807) is 0 Å². The van der Waals surface area contributed by atoms with Gasteiger partial charge in [0.05, 0.1) is 35.2 Å². The minimum absolute atomic E-state index is 0.108. The first-order chi connectivity index (χ1) is 28.6. The van der Waals surface area contributed by atoms with E-state index in [0.717, 1.165) is 21.9 Å². The predicted octanol–water partition coefficient (Wildman–Crippen LogP) is 4.89. The van der Waals surface area contributed by atoms with Gasteiger partial charge in [-0.05, 0) is 74.2 Å². The van der Waals surface area contributed by atoms with Gasteiger partial charge < -0.3 is 33.6 Å². The molecule has 4 aromatic carbocycles. The highest BCUT2D eigenvalue weighted by Gasteiger charge is 2.31. The molecule has 0 saturated carbocycles. The molecule has 0 bridgehead atoms. The maximum absolute atomic E-state index is 14.9. The fourth-order valence-electron chi connectivity index (χ4n) is 6.76. The number of fused-ring (bicyclic) bond motifs is 2. The molecule has 10 N–H and O–H groups in total. The fraction of sp³-hybridized carbons (Fsp3) is 0.261. The summed E-state index contributed by atoms with van der Waals surface area (Å²) in [5.74, 6) is -1.79. The molecular formula is C46H50N8O4S. The molecule has 0 saturated heterocycles. The molecule has 0 unspecified atom stereocenters. The summed E-state index contributed by atoms with van der Waals surface area (Å²) in [6.45, 7) is 0.759. The van der Waals surface area contributed by atoms with Crippen LogP contribution in [0.25, 0.3) is 21.8 Å². The van der Waals surface area contributed by atoms with E-state index in [4.69, 9.17) is 32.9 Å². The van der Waals surface area contributed by atoms with Crippen LogP contribution in [0.15, 0.2) is 131 Å². The SMILES string of the molecule is NCCC[C@@H](N)C(=O)N[C@H](Cc1ccccc1)C(=O)c1nc2ccccc2cc1Sc1cc2ccccc2nc1C(=O)[C@@H](Cc1ccccc1)NC(=O)[C@H](N)CCCN. The number of para-hydroxylation sites is 2. The molecule has 6 aromatic rings. The number of nitrogens with one attached hydrogen (secondary N) is 2. The number of rotatable bonds is 20. The number of aromatic nitrogens is 2. The second-order valence-corrected chi connectivity index (χ2v) is 15.5. The molecule has 6 rings (SSSR count). The molecule has 2 amide bonds. The Morgan fingerprint density at radius 3 is 1.31 bits per heavy atom. The van der Waals surface area contributed by atoms with Gasteiger partial charge >= 0.3 is 0 Å². The van der Waals surface area contributed by atoms with Gasteiger partial charge in [0, 0.05) is 33.4 Å². The molecule has 0 aliphatic rings. The van der Waals surface area contributed by atoms with Crippen LogP contribution in [0.4, 0.5) is 0 Å². The van der Waals surface area contributed by atoms with Crippen LogP contribution in [0.5, 0.6) is 0 Å². The Hall–Kier alpha value is -5.83. The van der Waals surface area contributed by atoms with Crippen LogP contribution in [0, 0.1) is 0 Å². The Morgan fingerprint density at radius 1 is 0.542 bits per heavy atom. The first-order valence-corrected chi connectivity index (χ1v) is 20.6. The third-order valence-corrected chi connectivity index (χ3v) is 11.1. The zero-order valence-corrected chi connectivity index (χ0v) is 33.6. The van der Waals surface area contributed by atoms with Gasteiger partial charge in [0.2, 0.25) is 23.4 Å². The molecule has 2 heterocycles. The molecule has 0 aliphatic heterocycles. The topological polar surface area (TPSA) is 222 Å². The van der Waals surface area contributed by atoms with Crippen molar-refractivity contribution in [3.05, 3.63) is 144 Å². The lowest BCUT2D eigenvalue weighted by Gasteiger charge is -2.22. The highest BCUT2D eigenvalue weighted by atomic mass is 32.2. The number of Topliss-reactive ketones (excluding diaryl/α,β-unsaturated/α-hetero) is 2. The van der Waals surface area contributed by atoms with E-state index < -0.39 is 47.5 Å². The lowest BCUT2D eigenvalue weighted by molar-refractivity contribution is -0.123. The first-order valence-electron chi connectivity index (χ1n) is 19.8. The standard InChI is InChI=1S/C46H50N8O4S/c47-23-11-19-33(49)45(57)53-37(25-29-13-3-1-4-14-29)43(55)41-39(27-31-17-7-9-21-35(31)51-41)59-40-28-32-18-8-10-22-36(32)52-42(40)44(56)38(26-30-15-5-2-6-16-30)54-46(58)34(50)20-12-24-48/h1-10,13-18,21-22,27-28,33-34,37-38H,11-12,19-20,23-26,47-50H2,(H,53,57)(H,54,58)/t33-,34-,37-,38-/m1/s1. The molecule has 12 nitrogen and oxygen atoms in total. The Balaban J connectivity index is 1.44. The minimum atomic E-state index is -1.02. The summed E-state index contributed by atoms with van der Waals surface area (Å²) in [5, 5.41) is 7.36. The van der Waals surface area contributed by atoms with Crippen LogP contribution in [-0.4, -0.2) is 70.6 Å². The molecule has 304 valence electrons. The molecule has 0 spiro atoms. The number of carbonyl (C=O) groups excluding carboxylic acids is 4. The van der Waals surface area contributed by atoms with Gasteiger partial charge in [0.15, 0.2) is 0 Å². The van der Waals surface area contributed by atoms with E-state index in [1.165, 1.54) is 11.8 Å². The van der Waals surface area contributed by atoms with Crippen LogP contribution in [0.3, 0.4) is 0 Å². The number of ketones is 2. The van der Waals surface area contributed by atoms with E-state index in [9.17, 15) is 19.2 Å². The van der Waals surface area contributed by atoms with Crippen LogP contribution in [-0.2, 0) is 22.4 Å². The summed E-state index contributed by atoms with van der Waals surface area (Å²) in [4.78, 5) is 67.3. The van der Waals surface area contributed by atoms with Crippen molar-refractivity contribution in [3.63, 3.8) is 0 Å². The van der Waals surface area contributed by atoms with E-state index in [-0.39, 0.29) is 24.2 Å². The van der Waals surface area contributed by atoms with Crippen molar-refractivity contribution in [3.8, 4) is 0 Å². The van der Waals surface area contributed by atoms with Crippen molar-refractivity contribution in [1.29, 1.82) is 0 Å². The van der Waals surface area contributed by atoms with Crippen molar-refractivity contribution in [2.45, 2.75) is 72.5 Å². The zero-order chi connectivity index (χ0) is 41.7. The molecule has 4 atom stereocenters. The summed E-state index contributed by atoms with van der Waals surface area (Å²) in [7, 11) is 0. The van der Waals surface area contributed by atoms with Gasteiger partial charge in [0.25, 0.3) is 0 Å². The minimum Gasteiger partial charge on any atom is -0.344 e. The average Bonchev–Trinajstić information content (AvgIpc) is 3.26. The van der Waals surface area contributed by atoms with Crippen molar-refractivity contribution < 1.29 is 19.2 Å². The Kier molecular flexibility index (Phi) is 15.0. The number of nitrogens with two attached hydrogens (primary N) is 4. The van der Waals surface area contributed by atoms with Gasteiger partial charge in [0.1, 0.15) is 11.4 Å². The monoisotopic (exact) mass is 810 g/mol. The molecule has 13 heteroatoms. The van der Waals surface area contributed by atoms with E-state index >= 15 is 0 Å². The Labute approximate surface area is 347 Å². The maximum atomic E-state index is 14.9. The first kappa shape index (κ1) is 42.8. The number of amides is 2. The maximum Gasteiger partial charge on any atom is 0.237 e. The second kappa shape index (κ2) is 20.7. The summed E-state index contributed by atoms with van der Waals surface area (Å²) in [5.41, 5.74) is 26.9. The number of hydrogen-bond donors (Lipinski definition) is 6. The number of carbonyl (C=O) groups is 4. The largest absolute Gasteiger partial charge is 0.344 e. The summed E-state index contributed by atoms with van der Waals surface area (Å²) < 4.78 is 0. The second-order valence-electron chi connectivity index (χ2n) is 14.5. The smallest absolute Gasteiger partial charge is 0.237 e. The lowest BCUT2D eigenvalue weighted by atomic mass is 9.98. The number of benzene rings is 4. The summed E-state index contributed by atoms with van der Waals surface area (Å²) in [6, 6.07) is 33.6. The van der Waals surface area contributed by atoms with Crippen LogP contribution in [0.1, 0.15) is 57.8 Å². The third kappa shape index (κ3) is 11.2. The summed E-state index contributed by atoms with van der Waals surface area (Å²) >= 11 is 1.18. The molecule has 59 heavy (non-hydrogen) atoms. The lowest BCUT2D eigenvalue weighted by Crippen LogP contribution is -2.49. The Bertz CT molecular complexity index is 2230. The molecular weight excluding hydrogens is 761 g/mol. The van der Waals surface area contributed by atoms with E-state index in [2.05, 4.69) is 10.6 Å². The van der Waals surface area contributed by atoms with Gasteiger partial charge in [-0.3, -0.25) is 19.2 Å². The highest BCUT2D eigenvalue weighted by molar-refractivity contribution is 7.99. The van der Waals surface area contributed by atoms with Crippen molar-refractivity contribution in [2.75, 3.05) is 13.1 Å². The number of hydrogen-bond acceptors (Lipinski definition) is 11. The quantitative estimate of drug-likeness (QED) is 0.0570. The van der Waals surface area contributed by atoms with Crippen molar-refractivity contribution in [2.24, 2.45) is 22.9 Å². The molecule has 2 aromatic heterocycles. The number of pyridine rings is 2. The van der Waals surface area contributed by atoms with E-state index in [1.807, 2.05) is 121 Å². The van der Waals surface area contributed by atoms with Crippen LogP contribution < -0.4 is 33.6 Å². The zero-order valence-electron chi connectivity index (χ0n) is 32.8. The molecule has 0 aliphatic carbocycles. The predicted molar refractivity (Wildman–Crippen MR) is 233 cm³/mol. The average molecular weight is 811 g/mol. The van der Waals surface area contributed by atoms with Crippen LogP contribution >= 0.6 is 11.8 Å². The van der Waals surface area contributed by atoms with Gasteiger partial charge in [-0.1, -0.05) is 109 Å². The molecule has 0 radical (unpaired) electrons. The molecule has 0 fully saturated rings.